The average molecular weight is 627 g/mol. The number of carbonyl (C=O) groups excluding carboxylic acids is 4. The number of ketones is 1. The second kappa shape index (κ2) is 11.3. The van der Waals surface area contributed by atoms with Gasteiger partial charge in [0.25, 0.3) is 0 Å². The molecule has 45 heavy (non-hydrogen) atoms. The zero-order chi connectivity index (χ0) is 31.4. The number of ether oxygens (including phenoxy) is 2. The molecule has 10 nitrogen and oxygen atoms in total. The Bertz CT molecular complexity index is 1720. The molecule has 0 aromatic heterocycles. The van der Waals surface area contributed by atoms with Gasteiger partial charge in [0.05, 0.1) is 21.8 Å². The fourth-order valence-electron chi connectivity index (χ4n) is 7.29. The van der Waals surface area contributed by atoms with Crippen molar-refractivity contribution in [2.45, 2.75) is 18.9 Å². The van der Waals surface area contributed by atoms with Gasteiger partial charge in [0.1, 0.15) is 11.8 Å². The first-order valence-electron chi connectivity index (χ1n) is 14.7. The van der Waals surface area contributed by atoms with Crippen LogP contribution in [0.4, 0.5) is 5.69 Å². The maximum atomic E-state index is 13.8. The number of allylic oxidation sites excluding steroid dienone is 2. The van der Waals surface area contributed by atoms with Gasteiger partial charge in [-0.1, -0.05) is 60.2 Å². The lowest BCUT2D eigenvalue weighted by Crippen LogP contribution is -2.48. The Morgan fingerprint density at radius 1 is 0.911 bits per heavy atom. The Kier molecular flexibility index (Phi) is 7.24. The number of carbonyl (C=O) groups is 4. The van der Waals surface area contributed by atoms with Gasteiger partial charge in [-0.15, -0.1) is 0 Å². The van der Waals surface area contributed by atoms with Crippen LogP contribution in [0.3, 0.4) is 0 Å². The molecule has 0 N–H and O–H groups in total. The Labute approximate surface area is 262 Å². The minimum atomic E-state index is -1.20. The van der Waals surface area contributed by atoms with E-state index in [2.05, 4.69) is 12.2 Å². The summed E-state index contributed by atoms with van der Waals surface area (Å²) in [6.07, 6.45) is 5.24. The molecule has 1 saturated heterocycles. The van der Waals surface area contributed by atoms with Crippen molar-refractivity contribution >= 4 is 40.9 Å². The molecule has 11 heteroatoms. The third kappa shape index (κ3) is 5.08. The van der Waals surface area contributed by atoms with Crippen LogP contribution in [0.2, 0.25) is 5.02 Å². The van der Waals surface area contributed by atoms with E-state index in [1.54, 1.807) is 0 Å². The van der Waals surface area contributed by atoms with E-state index in [1.807, 2.05) is 30.3 Å². The molecule has 3 fully saturated rings. The molecule has 5 aliphatic rings. The molecule has 2 saturated carbocycles. The van der Waals surface area contributed by atoms with Gasteiger partial charge in [0.2, 0.25) is 17.6 Å². The number of nitro groups is 1. The van der Waals surface area contributed by atoms with Crippen LogP contribution in [0.25, 0.3) is 0 Å². The molecular weight excluding hydrogens is 600 g/mol. The van der Waals surface area contributed by atoms with Crippen molar-refractivity contribution in [2.75, 3.05) is 6.61 Å². The molecule has 2 bridgehead atoms. The Balaban J connectivity index is 1.06. The third-order valence-electron chi connectivity index (χ3n) is 9.44. The summed E-state index contributed by atoms with van der Waals surface area (Å²) in [4.78, 5) is 66.0. The molecule has 228 valence electrons. The van der Waals surface area contributed by atoms with E-state index in [0.29, 0.717) is 11.8 Å². The molecule has 4 aliphatic carbocycles. The number of para-hydroxylation sites is 1. The van der Waals surface area contributed by atoms with Crippen LogP contribution >= 0.6 is 11.6 Å². The molecular formula is C34H27ClN2O8. The molecule has 7 atom stereocenters. The lowest BCUT2D eigenvalue weighted by atomic mass is 9.63. The first-order chi connectivity index (χ1) is 21.7. The Morgan fingerprint density at radius 3 is 2.18 bits per heavy atom. The van der Waals surface area contributed by atoms with Crippen molar-refractivity contribution in [1.82, 2.24) is 4.90 Å². The van der Waals surface area contributed by atoms with Crippen LogP contribution in [0.15, 0.2) is 84.9 Å². The van der Waals surface area contributed by atoms with Crippen LogP contribution < -0.4 is 4.74 Å². The average Bonchev–Trinajstić information content (AvgIpc) is 3.83. The van der Waals surface area contributed by atoms with Crippen molar-refractivity contribution in [1.29, 1.82) is 0 Å². The Morgan fingerprint density at radius 2 is 1.56 bits per heavy atom. The highest BCUT2D eigenvalue weighted by atomic mass is 35.5. The summed E-state index contributed by atoms with van der Waals surface area (Å²) < 4.78 is 11.1. The fraction of sp³-hybridized carbons (Fsp3) is 0.294. The number of amides is 2. The molecule has 0 unspecified atom stereocenters. The number of hydrogen-bond acceptors (Lipinski definition) is 8. The molecule has 1 aliphatic heterocycles. The number of hydrogen-bond donors (Lipinski definition) is 0. The molecule has 1 heterocycles. The van der Waals surface area contributed by atoms with Crippen LogP contribution in [-0.4, -0.2) is 46.0 Å². The second-order valence-corrected chi connectivity index (χ2v) is 12.3. The van der Waals surface area contributed by atoms with E-state index in [0.717, 1.165) is 16.9 Å². The van der Waals surface area contributed by atoms with Gasteiger partial charge in [-0.05, 0) is 66.0 Å². The van der Waals surface area contributed by atoms with E-state index in [9.17, 15) is 29.3 Å². The van der Waals surface area contributed by atoms with E-state index in [1.165, 1.54) is 42.5 Å². The maximum Gasteiger partial charge on any atom is 0.330 e. The largest absolute Gasteiger partial charge is 0.456 e. The van der Waals surface area contributed by atoms with E-state index >= 15 is 0 Å². The number of rotatable bonds is 10. The lowest BCUT2D eigenvalue weighted by Gasteiger charge is -2.37. The maximum absolute atomic E-state index is 13.8. The number of nitro benzene ring substituents is 1. The highest BCUT2D eigenvalue weighted by Crippen LogP contribution is 2.65. The van der Waals surface area contributed by atoms with Gasteiger partial charge in [-0.3, -0.25) is 29.4 Å². The predicted molar refractivity (Wildman–Crippen MR) is 160 cm³/mol. The lowest BCUT2D eigenvalue weighted by molar-refractivity contribution is -0.385. The third-order valence-corrected chi connectivity index (χ3v) is 9.73. The minimum Gasteiger partial charge on any atom is -0.456 e. The van der Waals surface area contributed by atoms with Gasteiger partial charge in [-0.2, -0.15) is 0 Å². The second-order valence-electron chi connectivity index (χ2n) is 11.9. The summed E-state index contributed by atoms with van der Waals surface area (Å²) in [5.41, 5.74) is 0.638. The highest BCUT2D eigenvalue weighted by molar-refractivity contribution is 6.32. The smallest absolute Gasteiger partial charge is 0.330 e. The first kappa shape index (κ1) is 28.9. The number of nitrogens with zero attached hydrogens (tertiary/aromatic N) is 2. The number of benzene rings is 3. The zero-order valence-corrected chi connectivity index (χ0v) is 24.5. The van der Waals surface area contributed by atoms with Gasteiger partial charge in [0, 0.05) is 18.1 Å². The van der Waals surface area contributed by atoms with Crippen LogP contribution in [0.5, 0.6) is 11.5 Å². The van der Waals surface area contributed by atoms with Crippen molar-refractivity contribution in [3.05, 3.63) is 111 Å². The van der Waals surface area contributed by atoms with Crippen LogP contribution in [-0.2, 0) is 25.5 Å². The minimum absolute atomic E-state index is 0.0115. The molecule has 8 rings (SSSR count). The van der Waals surface area contributed by atoms with E-state index in [-0.39, 0.29) is 57.8 Å². The van der Waals surface area contributed by atoms with Gasteiger partial charge < -0.3 is 9.47 Å². The first-order valence-corrected chi connectivity index (χ1v) is 15.1. The normalized spacial score (nSPS) is 26.2. The van der Waals surface area contributed by atoms with Crippen molar-refractivity contribution in [3.8, 4) is 11.5 Å². The van der Waals surface area contributed by atoms with Crippen molar-refractivity contribution < 1.29 is 33.6 Å². The van der Waals surface area contributed by atoms with Crippen molar-refractivity contribution in [3.63, 3.8) is 0 Å². The Hall–Kier alpha value is -4.83. The van der Waals surface area contributed by atoms with Gasteiger partial charge >= 0.3 is 11.7 Å². The fourth-order valence-corrected chi connectivity index (χ4v) is 7.50. The number of halogens is 1. The van der Waals surface area contributed by atoms with Crippen LogP contribution in [0, 0.1) is 45.6 Å². The highest BCUT2D eigenvalue weighted by Gasteiger charge is 2.68. The number of imide groups is 1. The summed E-state index contributed by atoms with van der Waals surface area (Å²) in [5, 5.41) is 11.4. The predicted octanol–water partition coefficient (Wildman–Crippen LogP) is 5.43. The SMILES string of the molecule is O=C(COC(=O)[C@H](Cc1ccccc1)N1C(=O)[C@@H]2[C@H]3C=C[C@@H]([C@@H]4C[C@H]34)[C@H]2C1=O)c1ccc(Oc2c(Cl)cccc2[N+](=O)[O-])cc1. The topological polar surface area (TPSA) is 133 Å². The summed E-state index contributed by atoms with van der Waals surface area (Å²) in [7, 11) is 0. The number of Topliss-reactive ketones (excluding diaryl/α,β-unsaturated/α-hetero) is 1. The number of esters is 1. The van der Waals surface area contributed by atoms with E-state index in [4.69, 9.17) is 21.1 Å². The zero-order valence-electron chi connectivity index (χ0n) is 23.8. The standard InChI is InChI=1S/C34H27ClN2O8/c35-25-7-4-8-26(37(42)43)31(25)45-20-11-9-19(10-12-20)28(38)17-44-34(41)27(15-18-5-2-1-3-6-18)36-32(39)29-21-13-14-22(24-16-23(21)24)30(29)33(36)40/h1-14,21-24,27,29-30H,15-17H2/t21-,22-,23-,24+,27-,29+,30+/m0/s1. The van der Waals surface area contributed by atoms with Crippen molar-refractivity contribution in [2.24, 2.45) is 35.5 Å². The van der Waals surface area contributed by atoms with Gasteiger partial charge in [-0.25, -0.2) is 4.79 Å². The molecule has 3 aromatic rings. The molecule has 2 amide bonds. The summed E-state index contributed by atoms with van der Waals surface area (Å²) in [5.74, 6) is -2.01. The summed E-state index contributed by atoms with van der Waals surface area (Å²) in [6, 6.07) is 17.8. The molecule has 3 aromatic carbocycles. The monoisotopic (exact) mass is 626 g/mol. The quantitative estimate of drug-likeness (QED) is 0.0726. The van der Waals surface area contributed by atoms with Gasteiger partial charge in [0.15, 0.2) is 12.4 Å². The summed E-state index contributed by atoms with van der Waals surface area (Å²) >= 11 is 6.10. The van der Waals surface area contributed by atoms with E-state index < -0.39 is 41.2 Å². The molecule has 0 spiro atoms. The molecule has 0 radical (unpaired) electrons. The summed E-state index contributed by atoms with van der Waals surface area (Å²) in [6.45, 7) is -0.611. The van der Waals surface area contributed by atoms with Crippen LogP contribution in [0.1, 0.15) is 22.3 Å². The number of likely N-dealkylation sites (tertiary alicyclic amines) is 1.